The molecule has 4 aromatic rings. The van der Waals surface area contributed by atoms with Gasteiger partial charge in [0.2, 0.25) is 5.88 Å². The van der Waals surface area contributed by atoms with Crippen LogP contribution in [0.3, 0.4) is 0 Å². The first-order chi connectivity index (χ1) is 12.2. The van der Waals surface area contributed by atoms with Gasteiger partial charge in [0.15, 0.2) is 23.1 Å². The van der Waals surface area contributed by atoms with Gasteiger partial charge in [0, 0.05) is 18.2 Å². The first-order valence-corrected chi connectivity index (χ1v) is 7.88. The molecule has 0 amide bonds. The van der Waals surface area contributed by atoms with Crippen LogP contribution in [-0.2, 0) is 6.61 Å². The summed E-state index contributed by atoms with van der Waals surface area (Å²) in [5, 5.41) is 16.6. The van der Waals surface area contributed by atoms with Gasteiger partial charge in [0.05, 0.1) is 0 Å². The monoisotopic (exact) mass is 336 g/mol. The summed E-state index contributed by atoms with van der Waals surface area (Å²) in [4.78, 5) is 8.92. The normalized spacial score (nSPS) is 11.3. The van der Waals surface area contributed by atoms with Crippen molar-refractivity contribution < 1.29 is 4.74 Å². The van der Waals surface area contributed by atoms with Crippen LogP contribution in [0, 0.1) is 0 Å². The van der Waals surface area contributed by atoms with Crippen LogP contribution in [0.15, 0.2) is 42.9 Å². The molecule has 0 saturated heterocycles. The Balaban J connectivity index is 1.62. The highest BCUT2D eigenvalue weighted by atomic mass is 16.5. The third-order valence-corrected chi connectivity index (χ3v) is 3.56. The second-order valence-corrected chi connectivity index (χ2v) is 5.73. The standard InChI is InChI=1S/C16H16N8O/c1-11(2)16-19-14(24(22-16)12-5-3-4-8-17-12)9-25-15-7-6-13-20-18-10-23(13)21-15/h3-8,10-11H,9H2,1-2H3. The summed E-state index contributed by atoms with van der Waals surface area (Å²) in [5.74, 6) is 2.76. The number of rotatable bonds is 5. The van der Waals surface area contributed by atoms with E-state index in [2.05, 4.69) is 30.4 Å². The van der Waals surface area contributed by atoms with Crippen LogP contribution in [0.1, 0.15) is 31.4 Å². The molecule has 0 N–H and O–H groups in total. The summed E-state index contributed by atoms with van der Waals surface area (Å²) < 4.78 is 9.04. The maximum absolute atomic E-state index is 5.79. The summed E-state index contributed by atoms with van der Waals surface area (Å²) in [6.07, 6.45) is 3.24. The lowest BCUT2D eigenvalue weighted by atomic mass is 10.2. The van der Waals surface area contributed by atoms with Gasteiger partial charge in [-0.1, -0.05) is 19.9 Å². The largest absolute Gasteiger partial charge is 0.468 e. The van der Waals surface area contributed by atoms with E-state index in [0.29, 0.717) is 23.2 Å². The molecule has 0 spiro atoms. The predicted molar refractivity (Wildman–Crippen MR) is 88.4 cm³/mol. The van der Waals surface area contributed by atoms with Crippen molar-refractivity contribution in [2.75, 3.05) is 0 Å². The number of aromatic nitrogens is 8. The van der Waals surface area contributed by atoms with Gasteiger partial charge in [-0.05, 0) is 18.2 Å². The van der Waals surface area contributed by atoms with Crippen LogP contribution in [0.5, 0.6) is 5.88 Å². The SMILES string of the molecule is CC(C)c1nc(COc2ccc3nncn3n2)n(-c2ccccn2)n1. The Morgan fingerprint density at radius 1 is 1.12 bits per heavy atom. The number of nitrogens with zero attached hydrogens (tertiary/aromatic N) is 8. The van der Waals surface area contributed by atoms with E-state index < -0.39 is 0 Å². The zero-order valence-electron chi connectivity index (χ0n) is 13.8. The fourth-order valence-corrected chi connectivity index (χ4v) is 2.29. The van der Waals surface area contributed by atoms with Crippen LogP contribution in [0.4, 0.5) is 0 Å². The summed E-state index contributed by atoms with van der Waals surface area (Å²) in [6, 6.07) is 9.18. The molecule has 9 nitrogen and oxygen atoms in total. The summed E-state index contributed by atoms with van der Waals surface area (Å²) >= 11 is 0. The zero-order valence-corrected chi connectivity index (χ0v) is 13.8. The molecule has 0 aromatic carbocycles. The quantitative estimate of drug-likeness (QED) is 0.548. The van der Waals surface area contributed by atoms with E-state index in [4.69, 9.17) is 4.74 Å². The van der Waals surface area contributed by atoms with Crippen LogP contribution in [-0.4, -0.2) is 39.6 Å². The van der Waals surface area contributed by atoms with Gasteiger partial charge >= 0.3 is 0 Å². The van der Waals surface area contributed by atoms with E-state index in [0.717, 1.165) is 5.82 Å². The van der Waals surface area contributed by atoms with Crippen molar-refractivity contribution in [2.45, 2.75) is 26.4 Å². The molecular formula is C16H16N8O. The molecule has 0 aliphatic heterocycles. The third-order valence-electron chi connectivity index (χ3n) is 3.56. The lowest BCUT2D eigenvalue weighted by Gasteiger charge is -2.06. The molecule has 4 aromatic heterocycles. The van der Waals surface area contributed by atoms with Gasteiger partial charge in [0.25, 0.3) is 0 Å². The molecule has 4 heterocycles. The van der Waals surface area contributed by atoms with Gasteiger partial charge in [-0.15, -0.1) is 20.4 Å². The van der Waals surface area contributed by atoms with Crippen LogP contribution < -0.4 is 4.74 Å². The van der Waals surface area contributed by atoms with E-state index in [-0.39, 0.29) is 12.5 Å². The average Bonchev–Trinajstić information content (AvgIpc) is 3.27. The van der Waals surface area contributed by atoms with Gasteiger partial charge in [-0.2, -0.15) is 9.20 Å². The van der Waals surface area contributed by atoms with Crippen molar-refractivity contribution in [3.05, 3.63) is 54.5 Å². The van der Waals surface area contributed by atoms with Crippen LogP contribution in [0.25, 0.3) is 11.5 Å². The Bertz CT molecular complexity index is 992. The number of hydrogen-bond acceptors (Lipinski definition) is 7. The fourth-order valence-electron chi connectivity index (χ4n) is 2.29. The van der Waals surface area contributed by atoms with E-state index in [1.165, 1.54) is 6.33 Å². The number of fused-ring (bicyclic) bond motifs is 1. The molecule has 0 atom stereocenters. The summed E-state index contributed by atoms with van der Waals surface area (Å²) in [5.41, 5.74) is 0.658. The molecule has 0 fully saturated rings. The zero-order chi connectivity index (χ0) is 17.2. The Kier molecular flexibility index (Phi) is 3.81. The minimum absolute atomic E-state index is 0.204. The number of hydrogen-bond donors (Lipinski definition) is 0. The van der Waals surface area contributed by atoms with Crippen LogP contribution >= 0.6 is 0 Å². The molecule has 9 heteroatoms. The lowest BCUT2D eigenvalue weighted by Crippen LogP contribution is -2.09. The smallest absolute Gasteiger partial charge is 0.232 e. The molecule has 0 unspecified atom stereocenters. The van der Waals surface area contributed by atoms with E-state index in [9.17, 15) is 0 Å². The summed E-state index contributed by atoms with van der Waals surface area (Å²) in [6.45, 7) is 4.31. The first-order valence-electron chi connectivity index (χ1n) is 7.88. The Morgan fingerprint density at radius 3 is 2.84 bits per heavy atom. The van der Waals surface area contributed by atoms with Gasteiger partial charge in [-0.3, -0.25) is 0 Å². The van der Waals surface area contributed by atoms with E-state index in [1.54, 1.807) is 27.5 Å². The second-order valence-electron chi connectivity index (χ2n) is 5.73. The van der Waals surface area contributed by atoms with Crippen molar-refractivity contribution in [3.8, 4) is 11.7 Å². The molecule has 126 valence electrons. The van der Waals surface area contributed by atoms with Gasteiger partial charge in [-0.25, -0.2) is 9.97 Å². The van der Waals surface area contributed by atoms with Gasteiger partial charge in [0.1, 0.15) is 12.9 Å². The van der Waals surface area contributed by atoms with Crippen LogP contribution in [0.2, 0.25) is 0 Å². The number of pyridine rings is 1. The predicted octanol–water partition coefficient (Wildman–Crippen LogP) is 1.80. The van der Waals surface area contributed by atoms with Crippen molar-refractivity contribution in [1.82, 2.24) is 39.6 Å². The Labute approximate surface area is 143 Å². The highest BCUT2D eigenvalue weighted by Gasteiger charge is 2.15. The molecule has 4 rings (SSSR count). The topological polar surface area (TPSA) is 95.9 Å². The average molecular weight is 336 g/mol. The molecule has 0 saturated carbocycles. The van der Waals surface area contributed by atoms with Gasteiger partial charge < -0.3 is 4.74 Å². The second kappa shape index (κ2) is 6.27. The van der Waals surface area contributed by atoms with Crippen molar-refractivity contribution >= 4 is 5.65 Å². The Morgan fingerprint density at radius 2 is 2.04 bits per heavy atom. The maximum atomic E-state index is 5.79. The molecule has 0 radical (unpaired) electrons. The first kappa shape index (κ1) is 15.2. The van der Waals surface area contributed by atoms with Crippen molar-refractivity contribution in [3.63, 3.8) is 0 Å². The highest BCUT2D eigenvalue weighted by Crippen LogP contribution is 2.15. The minimum Gasteiger partial charge on any atom is -0.468 e. The molecular weight excluding hydrogens is 320 g/mol. The van der Waals surface area contributed by atoms with E-state index in [1.807, 2.05) is 32.0 Å². The fraction of sp³-hybridized carbons (Fsp3) is 0.250. The molecule has 25 heavy (non-hydrogen) atoms. The Hall–Kier alpha value is -3.36. The molecule has 0 bridgehead atoms. The summed E-state index contributed by atoms with van der Waals surface area (Å²) in [7, 11) is 0. The van der Waals surface area contributed by atoms with Crippen molar-refractivity contribution in [2.24, 2.45) is 0 Å². The van der Waals surface area contributed by atoms with Crippen molar-refractivity contribution in [1.29, 1.82) is 0 Å². The molecule has 0 aliphatic rings. The molecule has 0 aliphatic carbocycles. The number of ether oxygens (including phenoxy) is 1. The highest BCUT2D eigenvalue weighted by molar-refractivity contribution is 5.35. The lowest BCUT2D eigenvalue weighted by molar-refractivity contribution is 0.276. The maximum Gasteiger partial charge on any atom is 0.232 e. The minimum atomic E-state index is 0.204. The van der Waals surface area contributed by atoms with E-state index >= 15 is 0 Å². The third kappa shape index (κ3) is 3.03.